The second-order valence-corrected chi connectivity index (χ2v) is 3.86. The van der Waals surface area contributed by atoms with Gasteiger partial charge in [0.25, 0.3) is 0 Å². The minimum atomic E-state index is -0.596. The quantitative estimate of drug-likeness (QED) is 0.741. The van der Waals surface area contributed by atoms with E-state index >= 15 is 0 Å². The van der Waals surface area contributed by atoms with Crippen LogP contribution in [0.1, 0.15) is 0 Å². The van der Waals surface area contributed by atoms with E-state index in [1.54, 1.807) is 0 Å². The second-order valence-electron chi connectivity index (χ2n) is 3.86. The molecule has 90 valence electrons. The lowest BCUT2D eigenvalue weighted by Crippen LogP contribution is -2.57. The Morgan fingerprint density at radius 1 is 1.41 bits per heavy atom. The van der Waals surface area contributed by atoms with Crippen LogP contribution in [0.3, 0.4) is 0 Å². The minimum Gasteiger partial charge on any atom is -0.467 e. The van der Waals surface area contributed by atoms with Gasteiger partial charge >= 0.3 is 5.97 Å². The molecule has 17 heavy (non-hydrogen) atoms. The molecule has 0 aliphatic carbocycles. The van der Waals surface area contributed by atoms with Crippen molar-refractivity contribution in [1.82, 2.24) is 5.32 Å². The number of nitrogens with one attached hydrogen (secondary N) is 1. The third-order valence-electron chi connectivity index (χ3n) is 2.68. The van der Waals surface area contributed by atoms with Crippen LogP contribution in [0, 0.1) is 0 Å². The van der Waals surface area contributed by atoms with Crippen molar-refractivity contribution in [1.29, 1.82) is 0 Å². The van der Waals surface area contributed by atoms with Crippen molar-refractivity contribution in [3.8, 4) is 0 Å². The first kappa shape index (κ1) is 11.4. The lowest BCUT2D eigenvalue weighted by molar-refractivity contribution is -0.145. The van der Waals surface area contributed by atoms with Crippen molar-refractivity contribution in [2.75, 3.05) is 25.1 Å². The third kappa shape index (κ3) is 2.55. The molecule has 1 unspecified atom stereocenters. The van der Waals surface area contributed by atoms with Crippen LogP contribution in [0.25, 0.3) is 0 Å². The Morgan fingerprint density at radius 2 is 2.12 bits per heavy atom. The molecular formula is C12H14N2O3. The van der Waals surface area contributed by atoms with Gasteiger partial charge in [0.2, 0.25) is 5.91 Å². The second kappa shape index (κ2) is 4.86. The van der Waals surface area contributed by atoms with Crippen LogP contribution in [0.4, 0.5) is 5.69 Å². The number of anilines is 1. The van der Waals surface area contributed by atoms with Crippen molar-refractivity contribution in [2.45, 2.75) is 6.04 Å². The van der Waals surface area contributed by atoms with E-state index in [4.69, 9.17) is 0 Å². The Hall–Kier alpha value is -2.04. The summed E-state index contributed by atoms with van der Waals surface area (Å²) in [6, 6.07) is 8.93. The smallest absolute Gasteiger partial charge is 0.330 e. The van der Waals surface area contributed by atoms with Gasteiger partial charge in [-0.15, -0.1) is 0 Å². The van der Waals surface area contributed by atoms with E-state index in [-0.39, 0.29) is 12.5 Å². The minimum absolute atomic E-state index is 0.171. The summed E-state index contributed by atoms with van der Waals surface area (Å²) >= 11 is 0. The number of para-hydroxylation sites is 1. The van der Waals surface area contributed by atoms with Crippen molar-refractivity contribution in [2.24, 2.45) is 0 Å². The third-order valence-corrected chi connectivity index (χ3v) is 2.68. The van der Waals surface area contributed by atoms with Crippen LogP contribution in [0.5, 0.6) is 0 Å². The molecule has 1 aliphatic rings. The molecule has 0 saturated carbocycles. The van der Waals surface area contributed by atoms with Crippen LogP contribution in [0.2, 0.25) is 0 Å². The largest absolute Gasteiger partial charge is 0.467 e. The normalized spacial score (nSPS) is 19.7. The summed E-state index contributed by atoms with van der Waals surface area (Å²) in [5.74, 6) is -0.588. The summed E-state index contributed by atoms with van der Waals surface area (Å²) in [5, 5.41) is 2.61. The van der Waals surface area contributed by atoms with Crippen molar-refractivity contribution in [3.63, 3.8) is 0 Å². The number of nitrogens with zero attached hydrogens (tertiary/aromatic N) is 1. The number of amides is 1. The molecule has 0 radical (unpaired) electrons. The Kier molecular flexibility index (Phi) is 3.27. The van der Waals surface area contributed by atoms with Crippen molar-refractivity contribution < 1.29 is 14.3 Å². The molecule has 0 aromatic heterocycles. The number of benzene rings is 1. The predicted molar refractivity (Wildman–Crippen MR) is 62.6 cm³/mol. The Morgan fingerprint density at radius 3 is 2.76 bits per heavy atom. The molecule has 1 heterocycles. The van der Waals surface area contributed by atoms with E-state index in [0.29, 0.717) is 6.54 Å². The van der Waals surface area contributed by atoms with Gasteiger partial charge in [-0.25, -0.2) is 4.79 Å². The highest BCUT2D eigenvalue weighted by molar-refractivity contribution is 5.89. The first-order valence-electron chi connectivity index (χ1n) is 5.38. The fraction of sp³-hybridized carbons (Fsp3) is 0.333. The maximum absolute atomic E-state index is 11.5. The summed E-state index contributed by atoms with van der Waals surface area (Å²) < 4.78 is 4.64. The summed E-state index contributed by atoms with van der Waals surface area (Å²) in [6.07, 6.45) is 0. The molecule has 1 fully saturated rings. The molecule has 1 amide bonds. The summed E-state index contributed by atoms with van der Waals surface area (Å²) in [4.78, 5) is 24.8. The maximum Gasteiger partial charge on any atom is 0.330 e. The van der Waals surface area contributed by atoms with Crippen LogP contribution in [-0.4, -0.2) is 38.1 Å². The molecule has 1 atom stereocenters. The first-order chi connectivity index (χ1) is 8.20. The molecule has 0 spiro atoms. The Labute approximate surface area is 99.4 Å². The molecule has 2 rings (SSSR count). The van der Waals surface area contributed by atoms with Crippen molar-refractivity contribution in [3.05, 3.63) is 30.3 Å². The van der Waals surface area contributed by atoms with Gasteiger partial charge in [-0.3, -0.25) is 4.79 Å². The Bertz CT molecular complexity index is 419. The number of methoxy groups -OCH3 is 1. The average Bonchev–Trinajstić information content (AvgIpc) is 2.38. The van der Waals surface area contributed by atoms with E-state index in [2.05, 4.69) is 10.1 Å². The lowest BCUT2D eigenvalue weighted by Gasteiger charge is -2.33. The van der Waals surface area contributed by atoms with Gasteiger partial charge in [0.15, 0.2) is 0 Å². The molecule has 0 bridgehead atoms. The van der Waals surface area contributed by atoms with E-state index in [0.717, 1.165) is 5.69 Å². The number of esters is 1. The van der Waals surface area contributed by atoms with Crippen LogP contribution >= 0.6 is 0 Å². The topological polar surface area (TPSA) is 58.6 Å². The fourth-order valence-electron chi connectivity index (χ4n) is 1.86. The van der Waals surface area contributed by atoms with Crippen LogP contribution < -0.4 is 10.2 Å². The van der Waals surface area contributed by atoms with Crippen LogP contribution in [0.15, 0.2) is 30.3 Å². The highest BCUT2D eigenvalue weighted by atomic mass is 16.5. The number of piperazine rings is 1. The lowest BCUT2D eigenvalue weighted by atomic mass is 10.2. The monoisotopic (exact) mass is 234 g/mol. The first-order valence-corrected chi connectivity index (χ1v) is 5.38. The zero-order valence-corrected chi connectivity index (χ0v) is 9.55. The fourth-order valence-corrected chi connectivity index (χ4v) is 1.86. The number of ether oxygens (including phenoxy) is 1. The van der Waals surface area contributed by atoms with E-state index in [9.17, 15) is 9.59 Å². The number of rotatable bonds is 2. The predicted octanol–water partition coefficient (Wildman–Crippen LogP) is 0.164. The molecule has 1 aliphatic heterocycles. The van der Waals surface area contributed by atoms with E-state index in [1.165, 1.54) is 7.11 Å². The highest BCUT2D eigenvalue weighted by Crippen LogP contribution is 2.15. The molecule has 5 nitrogen and oxygen atoms in total. The van der Waals surface area contributed by atoms with Gasteiger partial charge in [-0.1, -0.05) is 18.2 Å². The van der Waals surface area contributed by atoms with Gasteiger partial charge in [0.05, 0.1) is 13.7 Å². The molecule has 1 aromatic carbocycles. The molecule has 5 heteroatoms. The number of carbonyl (C=O) groups excluding carboxylic acids is 2. The number of carbonyl (C=O) groups is 2. The highest BCUT2D eigenvalue weighted by Gasteiger charge is 2.30. The van der Waals surface area contributed by atoms with E-state index < -0.39 is 12.0 Å². The van der Waals surface area contributed by atoms with Gasteiger partial charge in [0.1, 0.15) is 6.04 Å². The zero-order valence-electron chi connectivity index (χ0n) is 9.55. The van der Waals surface area contributed by atoms with Crippen molar-refractivity contribution >= 4 is 17.6 Å². The Balaban J connectivity index is 2.14. The van der Waals surface area contributed by atoms with Gasteiger partial charge < -0.3 is 15.0 Å². The molecular weight excluding hydrogens is 220 g/mol. The zero-order chi connectivity index (χ0) is 12.3. The standard InChI is InChI=1S/C12H14N2O3/c1-17-12(16)10-7-14(8-11(15)13-10)9-5-3-2-4-6-9/h2-6,10H,7-8H2,1H3,(H,13,15). The summed E-state index contributed by atoms with van der Waals surface area (Å²) in [6.45, 7) is 0.694. The SMILES string of the molecule is COC(=O)C1CN(c2ccccc2)CC(=O)N1. The summed E-state index contributed by atoms with van der Waals surface area (Å²) in [7, 11) is 1.32. The van der Waals surface area contributed by atoms with Gasteiger partial charge in [0, 0.05) is 12.2 Å². The van der Waals surface area contributed by atoms with E-state index in [1.807, 2.05) is 35.2 Å². The van der Waals surface area contributed by atoms with Gasteiger partial charge in [-0.2, -0.15) is 0 Å². The van der Waals surface area contributed by atoms with Crippen LogP contribution in [-0.2, 0) is 14.3 Å². The molecule has 1 aromatic rings. The molecule has 1 saturated heterocycles. The maximum atomic E-state index is 11.5. The number of hydrogen-bond donors (Lipinski definition) is 1. The molecule has 1 N–H and O–H groups in total. The van der Waals surface area contributed by atoms with Gasteiger partial charge in [-0.05, 0) is 12.1 Å². The summed E-state index contributed by atoms with van der Waals surface area (Å²) in [5.41, 5.74) is 0.927. The number of hydrogen-bond acceptors (Lipinski definition) is 4. The average molecular weight is 234 g/mol.